The standard InChI is InChI=1S/C22H44N4O4.HI/c1-6-8-10-19(15-25-21(27)30-22(3,4)5)26-20(23-7-2)24-12-9-13-28-16-18-11-14-29-17-18;/h18-19H,6-17H2,1-5H3,(H,25,27)(H2,23,24,26);1H. The predicted octanol–water partition coefficient (Wildman–Crippen LogP) is 3.69. The zero-order valence-corrected chi connectivity index (χ0v) is 22.5. The van der Waals surface area contributed by atoms with E-state index in [9.17, 15) is 4.79 Å². The van der Waals surface area contributed by atoms with E-state index in [0.717, 1.165) is 64.4 Å². The number of unbranched alkanes of at least 4 members (excludes halogenated alkanes) is 1. The van der Waals surface area contributed by atoms with Crippen LogP contribution in [0.2, 0.25) is 0 Å². The minimum atomic E-state index is -0.500. The molecular formula is C22H45IN4O4. The Bertz CT molecular complexity index is 494. The Morgan fingerprint density at radius 2 is 2.00 bits per heavy atom. The monoisotopic (exact) mass is 556 g/mol. The van der Waals surface area contributed by atoms with Crippen molar-refractivity contribution in [3.05, 3.63) is 0 Å². The Labute approximate surface area is 206 Å². The lowest BCUT2D eigenvalue weighted by molar-refractivity contribution is 0.0522. The topological polar surface area (TPSA) is 93.2 Å². The second-order valence-electron chi connectivity index (χ2n) is 8.79. The van der Waals surface area contributed by atoms with Crippen LogP contribution < -0.4 is 16.0 Å². The molecule has 2 unspecified atom stereocenters. The Morgan fingerprint density at radius 3 is 2.61 bits per heavy atom. The molecule has 31 heavy (non-hydrogen) atoms. The van der Waals surface area contributed by atoms with E-state index in [0.29, 0.717) is 25.6 Å². The molecule has 0 aromatic rings. The van der Waals surface area contributed by atoms with E-state index in [1.807, 2.05) is 27.7 Å². The first kappa shape index (κ1) is 30.2. The van der Waals surface area contributed by atoms with E-state index >= 15 is 0 Å². The van der Waals surface area contributed by atoms with Crippen LogP contribution in [0.1, 0.15) is 66.7 Å². The molecule has 1 fully saturated rings. The Balaban J connectivity index is 0.00000900. The van der Waals surface area contributed by atoms with Crippen LogP contribution in [0, 0.1) is 5.92 Å². The van der Waals surface area contributed by atoms with Crippen LogP contribution in [0.5, 0.6) is 0 Å². The number of alkyl carbamates (subject to hydrolysis) is 1. The fourth-order valence-electron chi connectivity index (χ4n) is 3.03. The molecule has 184 valence electrons. The molecule has 1 aliphatic heterocycles. The van der Waals surface area contributed by atoms with Gasteiger partial charge in [0.1, 0.15) is 5.60 Å². The molecule has 1 rings (SSSR count). The summed E-state index contributed by atoms with van der Waals surface area (Å²) in [4.78, 5) is 16.7. The number of rotatable bonds is 13. The number of carbonyl (C=O) groups excluding carboxylic acids is 1. The minimum Gasteiger partial charge on any atom is -0.444 e. The van der Waals surface area contributed by atoms with Crippen LogP contribution in [0.15, 0.2) is 4.99 Å². The van der Waals surface area contributed by atoms with Gasteiger partial charge in [-0.15, -0.1) is 24.0 Å². The lowest BCUT2D eigenvalue weighted by atomic mass is 10.1. The highest BCUT2D eigenvalue weighted by Gasteiger charge is 2.18. The van der Waals surface area contributed by atoms with Crippen molar-refractivity contribution in [3.63, 3.8) is 0 Å². The van der Waals surface area contributed by atoms with Gasteiger partial charge in [-0.25, -0.2) is 4.79 Å². The van der Waals surface area contributed by atoms with Crippen molar-refractivity contribution in [2.24, 2.45) is 10.9 Å². The Kier molecular flexibility index (Phi) is 17.2. The van der Waals surface area contributed by atoms with Crippen molar-refractivity contribution >= 4 is 36.0 Å². The molecule has 8 nitrogen and oxygen atoms in total. The summed E-state index contributed by atoms with van der Waals surface area (Å²) in [6.45, 7) is 14.9. The van der Waals surface area contributed by atoms with Gasteiger partial charge < -0.3 is 30.2 Å². The molecule has 0 bridgehead atoms. The molecule has 0 spiro atoms. The zero-order chi connectivity index (χ0) is 22.2. The SMILES string of the molecule is CCCCC(CNC(=O)OC(C)(C)C)NC(=NCCCOCC1CCOC1)NCC.I. The lowest BCUT2D eigenvalue weighted by Gasteiger charge is -2.24. The number of guanidine groups is 1. The van der Waals surface area contributed by atoms with Gasteiger partial charge in [-0.3, -0.25) is 4.99 Å². The fraction of sp³-hybridized carbons (Fsp3) is 0.909. The van der Waals surface area contributed by atoms with Gasteiger partial charge in [-0.1, -0.05) is 19.8 Å². The van der Waals surface area contributed by atoms with E-state index < -0.39 is 11.7 Å². The van der Waals surface area contributed by atoms with E-state index in [2.05, 4.69) is 27.9 Å². The predicted molar refractivity (Wildman–Crippen MR) is 136 cm³/mol. The third kappa shape index (κ3) is 16.5. The number of nitrogens with zero attached hydrogens (tertiary/aromatic N) is 1. The molecular weight excluding hydrogens is 511 g/mol. The number of amides is 1. The molecule has 0 aromatic carbocycles. The Hall–Kier alpha value is -0.810. The highest BCUT2D eigenvalue weighted by atomic mass is 127. The summed E-state index contributed by atoms with van der Waals surface area (Å²) < 4.78 is 16.4. The minimum absolute atomic E-state index is 0. The van der Waals surface area contributed by atoms with Crippen molar-refractivity contribution < 1.29 is 19.0 Å². The van der Waals surface area contributed by atoms with Gasteiger partial charge in [0.25, 0.3) is 0 Å². The summed E-state index contributed by atoms with van der Waals surface area (Å²) in [6, 6.07) is 0.0916. The van der Waals surface area contributed by atoms with Gasteiger partial charge in [-0.05, 0) is 47.0 Å². The van der Waals surface area contributed by atoms with Crippen molar-refractivity contribution in [2.75, 3.05) is 46.1 Å². The van der Waals surface area contributed by atoms with Gasteiger partial charge >= 0.3 is 6.09 Å². The van der Waals surface area contributed by atoms with Gasteiger partial charge in [0.2, 0.25) is 0 Å². The maximum Gasteiger partial charge on any atom is 0.407 e. The third-order valence-corrected chi connectivity index (χ3v) is 4.58. The summed E-state index contributed by atoms with van der Waals surface area (Å²) in [6.07, 6.45) is 4.71. The third-order valence-electron chi connectivity index (χ3n) is 4.58. The molecule has 9 heteroatoms. The number of hydrogen-bond donors (Lipinski definition) is 3. The van der Waals surface area contributed by atoms with E-state index in [4.69, 9.17) is 14.2 Å². The van der Waals surface area contributed by atoms with Crippen LogP contribution >= 0.6 is 24.0 Å². The molecule has 0 aliphatic carbocycles. The molecule has 0 aromatic heterocycles. The Morgan fingerprint density at radius 1 is 1.23 bits per heavy atom. The van der Waals surface area contributed by atoms with Crippen LogP contribution in [-0.4, -0.2) is 69.8 Å². The number of carbonyl (C=O) groups is 1. The molecule has 2 atom stereocenters. The summed E-state index contributed by atoms with van der Waals surface area (Å²) >= 11 is 0. The molecule has 1 saturated heterocycles. The van der Waals surface area contributed by atoms with Crippen LogP contribution in [0.4, 0.5) is 4.79 Å². The first-order valence-electron chi connectivity index (χ1n) is 11.5. The van der Waals surface area contributed by atoms with Crippen molar-refractivity contribution in [1.29, 1.82) is 0 Å². The van der Waals surface area contributed by atoms with Crippen LogP contribution in [0.25, 0.3) is 0 Å². The van der Waals surface area contributed by atoms with Crippen LogP contribution in [-0.2, 0) is 14.2 Å². The summed E-state index contributed by atoms with van der Waals surface area (Å²) in [7, 11) is 0. The largest absolute Gasteiger partial charge is 0.444 e. The first-order chi connectivity index (χ1) is 14.3. The number of hydrogen-bond acceptors (Lipinski definition) is 5. The molecule has 0 saturated carbocycles. The number of aliphatic imine (C=N–C) groups is 1. The quantitative estimate of drug-likeness (QED) is 0.139. The normalized spacial score (nSPS) is 17.6. The fourth-order valence-corrected chi connectivity index (χ4v) is 3.03. The number of nitrogens with one attached hydrogen (secondary N) is 3. The van der Waals surface area contributed by atoms with E-state index in [-0.39, 0.29) is 30.0 Å². The van der Waals surface area contributed by atoms with Gasteiger partial charge in [0.15, 0.2) is 5.96 Å². The zero-order valence-electron chi connectivity index (χ0n) is 20.1. The summed E-state index contributed by atoms with van der Waals surface area (Å²) in [5, 5.41) is 9.61. The molecule has 1 heterocycles. The second kappa shape index (κ2) is 17.7. The van der Waals surface area contributed by atoms with Crippen molar-refractivity contribution in [1.82, 2.24) is 16.0 Å². The molecule has 0 radical (unpaired) electrons. The van der Waals surface area contributed by atoms with E-state index in [1.165, 1.54) is 0 Å². The average molecular weight is 557 g/mol. The smallest absolute Gasteiger partial charge is 0.407 e. The molecule has 3 N–H and O–H groups in total. The van der Waals surface area contributed by atoms with Crippen molar-refractivity contribution in [3.8, 4) is 0 Å². The van der Waals surface area contributed by atoms with Gasteiger partial charge in [0, 0.05) is 44.8 Å². The van der Waals surface area contributed by atoms with Crippen LogP contribution in [0.3, 0.4) is 0 Å². The average Bonchev–Trinajstić information content (AvgIpc) is 3.18. The molecule has 1 amide bonds. The van der Waals surface area contributed by atoms with E-state index in [1.54, 1.807) is 0 Å². The second-order valence-corrected chi connectivity index (χ2v) is 8.79. The lowest BCUT2D eigenvalue weighted by Crippen LogP contribution is -2.49. The molecule has 1 aliphatic rings. The maximum atomic E-state index is 12.0. The highest BCUT2D eigenvalue weighted by molar-refractivity contribution is 14.0. The highest BCUT2D eigenvalue weighted by Crippen LogP contribution is 2.12. The summed E-state index contributed by atoms with van der Waals surface area (Å²) in [5.41, 5.74) is -0.500. The maximum absolute atomic E-state index is 12.0. The number of halogens is 1. The number of ether oxygens (including phenoxy) is 3. The van der Waals surface area contributed by atoms with Crippen molar-refractivity contribution in [2.45, 2.75) is 78.4 Å². The van der Waals surface area contributed by atoms with Gasteiger partial charge in [-0.2, -0.15) is 0 Å². The first-order valence-corrected chi connectivity index (χ1v) is 11.5. The van der Waals surface area contributed by atoms with Gasteiger partial charge in [0.05, 0.1) is 13.2 Å². The summed E-state index contributed by atoms with van der Waals surface area (Å²) in [5.74, 6) is 1.32.